The van der Waals surface area contributed by atoms with Crippen LogP contribution in [0.4, 0.5) is 0 Å². The van der Waals surface area contributed by atoms with E-state index in [2.05, 4.69) is 17.4 Å². The largest absolute Gasteiger partial charge is 0.355 e. The Morgan fingerprint density at radius 1 is 1.05 bits per heavy atom. The van der Waals surface area contributed by atoms with E-state index in [-0.39, 0.29) is 29.9 Å². The van der Waals surface area contributed by atoms with Gasteiger partial charge in [0.15, 0.2) is 5.78 Å². The summed E-state index contributed by atoms with van der Waals surface area (Å²) in [7, 11) is 0. The first-order valence-electron chi connectivity index (χ1n) is 7.59. The van der Waals surface area contributed by atoms with Crippen LogP contribution in [0, 0.1) is 0 Å². The molecule has 3 rings (SSSR count). The van der Waals surface area contributed by atoms with Crippen molar-refractivity contribution in [2.75, 3.05) is 6.54 Å². The molecule has 1 saturated carbocycles. The number of amides is 1. The summed E-state index contributed by atoms with van der Waals surface area (Å²) in [5.74, 6) is 0.0152. The highest BCUT2D eigenvalue weighted by Gasteiger charge is 2.44. The number of carbonyl (C=O) groups excluding carboxylic acids is 2. The number of thiophene rings is 1. The Hall–Kier alpha value is -1.94. The van der Waals surface area contributed by atoms with Crippen LogP contribution in [-0.2, 0) is 10.2 Å². The summed E-state index contributed by atoms with van der Waals surface area (Å²) in [6, 6.07) is 14.0. The first kappa shape index (κ1) is 15.0. The van der Waals surface area contributed by atoms with Gasteiger partial charge in [-0.1, -0.05) is 36.4 Å². The molecule has 2 aromatic rings. The Balaban J connectivity index is 1.46. The maximum atomic E-state index is 12.0. The van der Waals surface area contributed by atoms with E-state index in [0.717, 1.165) is 17.7 Å². The average molecular weight is 313 g/mol. The lowest BCUT2D eigenvalue weighted by Gasteiger charge is -2.16. The molecular formula is C18H19NO2S. The molecule has 0 aliphatic heterocycles. The molecule has 0 saturated heterocycles. The maximum Gasteiger partial charge on any atom is 0.220 e. The predicted octanol–water partition coefficient (Wildman–Crippen LogP) is 3.56. The highest BCUT2D eigenvalue weighted by Crippen LogP contribution is 2.47. The number of nitrogens with one attached hydrogen (secondary N) is 1. The first-order valence-corrected chi connectivity index (χ1v) is 8.47. The molecule has 1 aliphatic rings. The number of hydrogen-bond donors (Lipinski definition) is 1. The van der Waals surface area contributed by atoms with Crippen LogP contribution in [0.15, 0.2) is 47.8 Å². The van der Waals surface area contributed by atoms with Gasteiger partial charge in [-0.3, -0.25) is 9.59 Å². The lowest BCUT2D eigenvalue weighted by atomic mass is 9.96. The van der Waals surface area contributed by atoms with Gasteiger partial charge in [-0.15, -0.1) is 11.3 Å². The third kappa shape index (κ3) is 3.45. The van der Waals surface area contributed by atoms with E-state index in [9.17, 15) is 9.59 Å². The number of benzene rings is 1. The van der Waals surface area contributed by atoms with E-state index in [0.29, 0.717) is 6.54 Å². The summed E-state index contributed by atoms with van der Waals surface area (Å²) in [6.07, 6.45) is 2.78. The molecule has 0 radical (unpaired) electrons. The van der Waals surface area contributed by atoms with Crippen molar-refractivity contribution < 1.29 is 9.59 Å². The Morgan fingerprint density at radius 3 is 2.45 bits per heavy atom. The van der Waals surface area contributed by atoms with Crippen molar-refractivity contribution in [3.05, 3.63) is 58.3 Å². The molecule has 1 amide bonds. The standard InChI is InChI=1S/C18H19NO2S/c20-15(16-7-4-12-22-16)8-9-17(21)19-13-18(10-11-18)14-5-2-1-3-6-14/h1-7,12H,8-11,13H2,(H,19,21). The van der Waals surface area contributed by atoms with E-state index >= 15 is 0 Å². The summed E-state index contributed by atoms with van der Waals surface area (Å²) in [5.41, 5.74) is 1.42. The molecular weight excluding hydrogens is 294 g/mol. The second kappa shape index (κ2) is 6.44. The van der Waals surface area contributed by atoms with Crippen molar-refractivity contribution in [2.45, 2.75) is 31.1 Å². The lowest BCUT2D eigenvalue weighted by molar-refractivity contribution is -0.121. The highest BCUT2D eigenvalue weighted by atomic mass is 32.1. The number of ketones is 1. The first-order chi connectivity index (χ1) is 10.7. The van der Waals surface area contributed by atoms with Gasteiger partial charge in [-0.2, -0.15) is 0 Å². The SMILES string of the molecule is O=C(CCC(=O)c1cccs1)NCC1(c2ccccc2)CC1. The molecule has 0 atom stereocenters. The van der Waals surface area contributed by atoms with Crippen LogP contribution in [0.3, 0.4) is 0 Å². The zero-order chi connectivity index (χ0) is 15.4. The molecule has 3 nitrogen and oxygen atoms in total. The highest BCUT2D eigenvalue weighted by molar-refractivity contribution is 7.12. The normalized spacial score (nSPS) is 15.3. The number of carbonyl (C=O) groups is 2. The molecule has 1 fully saturated rings. The van der Waals surface area contributed by atoms with Gasteiger partial charge in [0.1, 0.15) is 0 Å². The topological polar surface area (TPSA) is 46.2 Å². The van der Waals surface area contributed by atoms with Gasteiger partial charge in [0.05, 0.1) is 4.88 Å². The number of rotatable bonds is 7. The van der Waals surface area contributed by atoms with Gasteiger partial charge in [-0.05, 0) is 29.9 Å². The molecule has 1 aromatic heterocycles. The van der Waals surface area contributed by atoms with E-state index in [1.165, 1.54) is 16.9 Å². The predicted molar refractivity (Wildman–Crippen MR) is 88.2 cm³/mol. The molecule has 1 aliphatic carbocycles. The molecule has 0 bridgehead atoms. The summed E-state index contributed by atoms with van der Waals surface area (Å²) in [4.78, 5) is 24.6. The van der Waals surface area contributed by atoms with Crippen LogP contribution in [0.1, 0.15) is 40.9 Å². The van der Waals surface area contributed by atoms with Crippen LogP contribution in [0.5, 0.6) is 0 Å². The fraction of sp³-hybridized carbons (Fsp3) is 0.333. The van der Waals surface area contributed by atoms with Crippen molar-refractivity contribution in [1.29, 1.82) is 0 Å². The van der Waals surface area contributed by atoms with Crippen LogP contribution < -0.4 is 5.32 Å². The van der Waals surface area contributed by atoms with E-state index in [4.69, 9.17) is 0 Å². The molecule has 0 unspecified atom stereocenters. The molecule has 22 heavy (non-hydrogen) atoms. The molecule has 114 valence electrons. The van der Waals surface area contributed by atoms with Crippen molar-refractivity contribution in [2.24, 2.45) is 0 Å². The van der Waals surface area contributed by atoms with Gasteiger partial charge in [0, 0.05) is 24.8 Å². The Morgan fingerprint density at radius 2 is 1.82 bits per heavy atom. The van der Waals surface area contributed by atoms with E-state index in [1.807, 2.05) is 29.6 Å². The van der Waals surface area contributed by atoms with Crippen LogP contribution in [0.2, 0.25) is 0 Å². The molecule has 1 aromatic carbocycles. The molecule has 1 heterocycles. The van der Waals surface area contributed by atoms with Gasteiger partial charge in [-0.25, -0.2) is 0 Å². The Labute approximate surface area is 134 Å². The van der Waals surface area contributed by atoms with Crippen molar-refractivity contribution in [3.8, 4) is 0 Å². The minimum absolute atomic E-state index is 0.0351. The summed E-state index contributed by atoms with van der Waals surface area (Å²) in [6.45, 7) is 0.670. The maximum absolute atomic E-state index is 12.0. The molecule has 4 heteroatoms. The minimum atomic E-state index is -0.0351. The van der Waals surface area contributed by atoms with E-state index in [1.54, 1.807) is 6.07 Å². The second-order valence-corrected chi connectivity index (χ2v) is 6.77. The third-order valence-electron chi connectivity index (χ3n) is 4.24. The van der Waals surface area contributed by atoms with Crippen LogP contribution in [0.25, 0.3) is 0 Å². The lowest BCUT2D eigenvalue weighted by Crippen LogP contribution is -2.32. The van der Waals surface area contributed by atoms with Crippen molar-refractivity contribution in [1.82, 2.24) is 5.32 Å². The van der Waals surface area contributed by atoms with Gasteiger partial charge in [0.2, 0.25) is 5.91 Å². The zero-order valence-corrected chi connectivity index (χ0v) is 13.2. The fourth-order valence-electron chi connectivity index (χ4n) is 2.65. The quantitative estimate of drug-likeness (QED) is 0.795. The Bertz CT molecular complexity index is 645. The second-order valence-electron chi connectivity index (χ2n) is 5.82. The Kier molecular flexibility index (Phi) is 4.39. The smallest absolute Gasteiger partial charge is 0.220 e. The fourth-order valence-corrected chi connectivity index (χ4v) is 3.35. The van der Waals surface area contributed by atoms with Crippen LogP contribution >= 0.6 is 11.3 Å². The number of Topliss-reactive ketones (excluding diaryl/α,β-unsaturated/α-hetero) is 1. The van der Waals surface area contributed by atoms with Gasteiger partial charge >= 0.3 is 0 Å². The molecule has 0 spiro atoms. The van der Waals surface area contributed by atoms with Gasteiger partial charge in [0.25, 0.3) is 0 Å². The third-order valence-corrected chi connectivity index (χ3v) is 5.15. The summed E-state index contributed by atoms with van der Waals surface area (Å²) < 4.78 is 0. The minimum Gasteiger partial charge on any atom is -0.355 e. The van der Waals surface area contributed by atoms with Crippen LogP contribution in [-0.4, -0.2) is 18.2 Å². The van der Waals surface area contributed by atoms with Gasteiger partial charge < -0.3 is 5.32 Å². The molecule has 1 N–H and O–H groups in total. The zero-order valence-electron chi connectivity index (χ0n) is 12.4. The van der Waals surface area contributed by atoms with E-state index < -0.39 is 0 Å². The summed E-state index contributed by atoms with van der Waals surface area (Å²) in [5, 5.41) is 4.88. The van der Waals surface area contributed by atoms with Crippen molar-refractivity contribution >= 4 is 23.0 Å². The summed E-state index contributed by atoms with van der Waals surface area (Å²) >= 11 is 1.43. The van der Waals surface area contributed by atoms with Crippen molar-refractivity contribution in [3.63, 3.8) is 0 Å². The number of hydrogen-bond acceptors (Lipinski definition) is 3. The monoisotopic (exact) mass is 313 g/mol. The average Bonchev–Trinajstić information content (AvgIpc) is 3.15.